The zero-order chi connectivity index (χ0) is 24.1. The Morgan fingerprint density at radius 3 is 2.35 bits per heavy atom. The van der Waals surface area contributed by atoms with Crippen molar-refractivity contribution in [2.24, 2.45) is 0 Å². The molecule has 0 saturated heterocycles. The average Bonchev–Trinajstić information content (AvgIpc) is 3.05. The Morgan fingerprint density at radius 1 is 0.912 bits per heavy atom. The van der Waals surface area contributed by atoms with E-state index in [0.717, 1.165) is 18.7 Å². The summed E-state index contributed by atoms with van der Waals surface area (Å²) >= 11 is 0. The fraction of sp³-hybridized carbons (Fsp3) is 0.226. The first-order valence-corrected chi connectivity index (χ1v) is 12.0. The zero-order valence-electron chi connectivity index (χ0n) is 20.5. The number of benzene rings is 3. The molecule has 0 spiro atoms. The van der Waals surface area contributed by atoms with Crippen molar-refractivity contribution < 1.29 is 9.37 Å². The minimum absolute atomic E-state index is 0.0187. The van der Waals surface area contributed by atoms with Gasteiger partial charge in [-0.1, -0.05) is 67.6 Å². The molecular weight excluding hydrogens is 416 g/mol. The first-order valence-electron chi connectivity index (χ1n) is 12.0. The quantitative estimate of drug-likeness (QED) is 0.274. The standard InChI is InChI=1S/C31H33N2O/c1-5-22-33-28-21-20-25-15-12-13-18-27(25)30(28)31(3,4)29(33)19-11-6-7-14-23-32(24(2)34)26-16-9-8-10-17-26/h6-21,23H,5,22H2,1-4H3/q+1. The topological polar surface area (TPSA) is 23.3 Å². The van der Waals surface area contributed by atoms with Crippen LogP contribution in [0.4, 0.5) is 11.4 Å². The van der Waals surface area contributed by atoms with E-state index in [1.165, 1.54) is 27.7 Å². The fourth-order valence-electron chi connectivity index (χ4n) is 4.87. The normalized spacial score (nSPS) is 15.2. The molecule has 1 amide bonds. The SMILES string of the molecule is CCC[N+]1=C(/C=C/C=C/C=C/N(C(C)=O)c2ccccc2)C(C)(C)c2c1ccc1ccccc21. The van der Waals surface area contributed by atoms with Crippen LogP contribution in [0.5, 0.6) is 0 Å². The van der Waals surface area contributed by atoms with Crippen molar-refractivity contribution in [3.63, 3.8) is 0 Å². The van der Waals surface area contributed by atoms with E-state index in [0.29, 0.717) is 0 Å². The third kappa shape index (κ3) is 4.51. The first-order chi connectivity index (χ1) is 16.4. The molecule has 0 atom stereocenters. The second-order valence-corrected chi connectivity index (χ2v) is 9.15. The number of rotatable bonds is 7. The molecule has 0 aromatic heterocycles. The second kappa shape index (κ2) is 10.0. The van der Waals surface area contributed by atoms with Gasteiger partial charge in [0.25, 0.3) is 0 Å². The molecule has 0 saturated carbocycles. The molecule has 4 rings (SSSR count). The molecule has 1 aliphatic heterocycles. The van der Waals surface area contributed by atoms with E-state index in [2.05, 4.69) is 73.9 Å². The van der Waals surface area contributed by atoms with Gasteiger partial charge in [0.1, 0.15) is 6.54 Å². The molecule has 0 fully saturated rings. The van der Waals surface area contributed by atoms with Gasteiger partial charge < -0.3 is 0 Å². The van der Waals surface area contributed by atoms with Crippen molar-refractivity contribution in [2.45, 2.75) is 39.5 Å². The Labute approximate surface area is 203 Å². The highest BCUT2D eigenvalue weighted by Crippen LogP contribution is 2.44. The molecule has 3 aromatic carbocycles. The third-order valence-corrected chi connectivity index (χ3v) is 6.40. The number of amides is 1. The average molecular weight is 450 g/mol. The fourth-order valence-corrected chi connectivity index (χ4v) is 4.87. The predicted octanol–water partition coefficient (Wildman–Crippen LogP) is 7.31. The lowest BCUT2D eigenvalue weighted by Crippen LogP contribution is -2.28. The van der Waals surface area contributed by atoms with Gasteiger partial charge in [-0.05, 0) is 48.9 Å². The lowest BCUT2D eigenvalue weighted by Gasteiger charge is -2.17. The number of allylic oxidation sites excluding steroid dienone is 5. The maximum absolute atomic E-state index is 12.0. The van der Waals surface area contributed by atoms with Crippen LogP contribution < -0.4 is 4.90 Å². The van der Waals surface area contributed by atoms with Crippen molar-refractivity contribution >= 4 is 33.8 Å². The maximum Gasteiger partial charge on any atom is 0.227 e. The van der Waals surface area contributed by atoms with Gasteiger partial charge >= 0.3 is 0 Å². The van der Waals surface area contributed by atoms with Crippen LogP contribution in [0.15, 0.2) is 103 Å². The van der Waals surface area contributed by atoms with E-state index < -0.39 is 0 Å². The van der Waals surface area contributed by atoms with Crippen LogP contribution in [-0.4, -0.2) is 22.7 Å². The molecule has 3 heteroatoms. The molecule has 34 heavy (non-hydrogen) atoms. The monoisotopic (exact) mass is 449 g/mol. The van der Waals surface area contributed by atoms with Crippen molar-refractivity contribution in [1.29, 1.82) is 0 Å². The minimum Gasteiger partial charge on any atom is -0.288 e. The van der Waals surface area contributed by atoms with Crippen LogP contribution in [0, 0.1) is 0 Å². The highest BCUT2D eigenvalue weighted by molar-refractivity contribution is 6.07. The molecule has 0 aliphatic carbocycles. The van der Waals surface area contributed by atoms with Crippen molar-refractivity contribution in [2.75, 3.05) is 11.4 Å². The van der Waals surface area contributed by atoms with E-state index >= 15 is 0 Å². The maximum atomic E-state index is 12.0. The van der Waals surface area contributed by atoms with Gasteiger partial charge in [-0.2, -0.15) is 4.58 Å². The van der Waals surface area contributed by atoms with Crippen LogP contribution in [0.2, 0.25) is 0 Å². The Kier molecular flexibility index (Phi) is 6.93. The molecule has 0 unspecified atom stereocenters. The lowest BCUT2D eigenvalue weighted by atomic mass is 9.79. The third-order valence-electron chi connectivity index (χ3n) is 6.40. The summed E-state index contributed by atoms with van der Waals surface area (Å²) in [5, 5.41) is 2.62. The zero-order valence-corrected chi connectivity index (χ0v) is 20.5. The van der Waals surface area contributed by atoms with Gasteiger partial charge in [0.2, 0.25) is 11.6 Å². The Morgan fingerprint density at radius 2 is 1.62 bits per heavy atom. The first kappa shape index (κ1) is 23.4. The van der Waals surface area contributed by atoms with Gasteiger partial charge in [0.15, 0.2) is 5.71 Å². The molecule has 3 nitrogen and oxygen atoms in total. The van der Waals surface area contributed by atoms with E-state index in [9.17, 15) is 4.79 Å². The lowest BCUT2D eigenvalue weighted by molar-refractivity contribution is -0.437. The van der Waals surface area contributed by atoms with Crippen molar-refractivity contribution in [3.8, 4) is 0 Å². The van der Waals surface area contributed by atoms with Crippen molar-refractivity contribution in [3.05, 3.63) is 109 Å². The van der Waals surface area contributed by atoms with Gasteiger partial charge in [-0.15, -0.1) is 0 Å². The Bertz CT molecular complexity index is 1310. The smallest absolute Gasteiger partial charge is 0.227 e. The van der Waals surface area contributed by atoms with E-state index in [-0.39, 0.29) is 11.3 Å². The molecule has 172 valence electrons. The van der Waals surface area contributed by atoms with Gasteiger partial charge in [0, 0.05) is 42.9 Å². The molecular formula is C31H33N2O+. The summed E-state index contributed by atoms with van der Waals surface area (Å²) < 4.78 is 2.47. The molecule has 0 radical (unpaired) electrons. The van der Waals surface area contributed by atoms with Gasteiger partial charge in [-0.3, -0.25) is 9.69 Å². The van der Waals surface area contributed by atoms with E-state index in [4.69, 9.17) is 0 Å². The predicted molar refractivity (Wildman–Crippen MR) is 144 cm³/mol. The molecule has 0 bridgehead atoms. The molecule has 0 N–H and O–H groups in total. The second-order valence-electron chi connectivity index (χ2n) is 9.15. The van der Waals surface area contributed by atoms with Gasteiger partial charge in [0.05, 0.1) is 5.41 Å². The van der Waals surface area contributed by atoms with Crippen LogP contribution in [-0.2, 0) is 10.2 Å². The van der Waals surface area contributed by atoms with Crippen LogP contribution in [0.25, 0.3) is 10.8 Å². The largest absolute Gasteiger partial charge is 0.288 e. The van der Waals surface area contributed by atoms with E-state index in [1.807, 2.05) is 48.6 Å². The van der Waals surface area contributed by atoms with Gasteiger partial charge in [-0.25, -0.2) is 0 Å². The highest BCUT2D eigenvalue weighted by Gasteiger charge is 2.45. The summed E-state index contributed by atoms with van der Waals surface area (Å²) in [4.78, 5) is 13.7. The number of hydrogen-bond acceptors (Lipinski definition) is 1. The summed E-state index contributed by atoms with van der Waals surface area (Å²) in [6.45, 7) is 9.43. The van der Waals surface area contributed by atoms with E-state index in [1.54, 1.807) is 18.0 Å². The summed E-state index contributed by atoms with van der Waals surface area (Å²) in [6.07, 6.45) is 13.1. The minimum atomic E-state index is -0.0930. The number of fused-ring (bicyclic) bond motifs is 3. The van der Waals surface area contributed by atoms with Crippen molar-refractivity contribution in [1.82, 2.24) is 0 Å². The number of carbonyl (C=O) groups excluding carboxylic acids is 1. The number of para-hydroxylation sites is 1. The molecule has 1 heterocycles. The summed E-state index contributed by atoms with van der Waals surface area (Å²) in [7, 11) is 0. The number of nitrogens with zero attached hydrogens (tertiary/aromatic N) is 2. The van der Waals surface area contributed by atoms with Crippen LogP contribution in [0.3, 0.4) is 0 Å². The summed E-state index contributed by atoms with van der Waals surface area (Å²) in [6, 6.07) is 22.8. The number of hydrogen-bond donors (Lipinski definition) is 0. The number of anilines is 1. The molecule has 1 aliphatic rings. The Balaban J connectivity index is 1.59. The molecule has 3 aromatic rings. The number of carbonyl (C=O) groups is 1. The van der Waals surface area contributed by atoms with Crippen LogP contribution in [0.1, 0.15) is 39.7 Å². The van der Waals surface area contributed by atoms with Crippen LogP contribution >= 0.6 is 0 Å². The highest BCUT2D eigenvalue weighted by atomic mass is 16.2. The summed E-state index contributed by atoms with van der Waals surface area (Å²) in [5.74, 6) is -0.0187. The summed E-state index contributed by atoms with van der Waals surface area (Å²) in [5.41, 5.74) is 4.80. The Hall–Kier alpha value is -3.72.